The molecule has 2 aromatic carbocycles. The topological polar surface area (TPSA) is 72.7 Å². The molecule has 3 aromatic rings. The summed E-state index contributed by atoms with van der Waals surface area (Å²) in [4.78, 5) is 12.9. The largest absolute Gasteiger partial charge is 0.324 e. The zero-order valence-corrected chi connectivity index (χ0v) is 15.3. The molecule has 6 nitrogen and oxygen atoms in total. The van der Waals surface area contributed by atoms with Crippen molar-refractivity contribution in [3.05, 3.63) is 72.1 Å². The fourth-order valence-corrected chi connectivity index (χ4v) is 2.73. The molecule has 0 fully saturated rings. The molecule has 1 amide bonds. The molecule has 0 saturated carbocycles. The predicted molar refractivity (Wildman–Crippen MR) is 101 cm³/mol. The third-order valence-electron chi connectivity index (χ3n) is 4.28. The van der Waals surface area contributed by atoms with Gasteiger partial charge in [-0.2, -0.15) is 0 Å². The van der Waals surface area contributed by atoms with Crippen molar-refractivity contribution in [2.24, 2.45) is 0 Å². The first-order valence-electron chi connectivity index (χ1n) is 8.61. The van der Waals surface area contributed by atoms with Crippen molar-refractivity contribution in [1.82, 2.24) is 20.2 Å². The second-order valence-corrected chi connectivity index (χ2v) is 7.31. The van der Waals surface area contributed by atoms with Crippen LogP contribution in [0.3, 0.4) is 0 Å². The molecule has 6 heteroatoms. The number of nitrogens with zero attached hydrogens (tertiary/aromatic N) is 4. The number of carbonyl (C=O) groups excluding carboxylic acids is 1. The van der Waals surface area contributed by atoms with Gasteiger partial charge < -0.3 is 5.32 Å². The van der Waals surface area contributed by atoms with Crippen LogP contribution in [0, 0.1) is 0 Å². The second-order valence-electron chi connectivity index (χ2n) is 7.31. The summed E-state index contributed by atoms with van der Waals surface area (Å²) in [5, 5.41) is 14.2. The highest BCUT2D eigenvalue weighted by Gasteiger charge is 2.22. The minimum atomic E-state index is -0.519. The molecule has 134 valence electrons. The molecule has 0 spiro atoms. The first-order chi connectivity index (χ1) is 12.4. The van der Waals surface area contributed by atoms with Gasteiger partial charge >= 0.3 is 0 Å². The molecule has 1 atom stereocenters. The van der Waals surface area contributed by atoms with Gasteiger partial charge in [-0.15, -0.1) is 5.10 Å². The molecule has 0 bridgehead atoms. The zero-order valence-electron chi connectivity index (χ0n) is 15.3. The lowest BCUT2D eigenvalue weighted by molar-refractivity contribution is -0.119. The Morgan fingerprint density at radius 1 is 1.08 bits per heavy atom. The standard InChI is InChI=1S/C20H23N5O/c1-20(2,3)16-9-11-17(12-10-16)22-19(26)18(25-14-21-23-24-25)13-15-7-5-4-6-8-15/h4-12,14,18H,13H2,1-3H3,(H,22,26)/t18-/m0/s1. The molecule has 0 aliphatic carbocycles. The molecule has 0 aliphatic rings. The van der Waals surface area contributed by atoms with Gasteiger partial charge in [0, 0.05) is 12.1 Å². The Balaban J connectivity index is 1.77. The molecule has 0 saturated heterocycles. The van der Waals surface area contributed by atoms with Gasteiger partial charge in [-0.05, 0) is 39.1 Å². The Bertz CT molecular complexity index is 836. The van der Waals surface area contributed by atoms with Crippen molar-refractivity contribution < 1.29 is 4.79 Å². The van der Waals surface area contributed by atoms with Crippen LogP contribution in [-0.4, -0.2) is 26.1 Å². The molecular formula is C20H23N5O. The number of hydrogen-bond donors (Lipinski definition) is 1. The third kappa shape index (κ3) is 4.33. The Hall–Kier alpha value is -3.02. The Kier molecular flexibility index (Phi) is 5.11. The Morgan fingerprint density at radius 2 is 1.77 bits per heavy atom. The van der Waals surface area contributed by atoms with Crippen LogP contribution in [0.1, 0.15) is 37.9 Å². The molecule has 1 aromatic heterocycles. The molecule has 3 rings (SSSR count). The average Bonchev–Trinajstić information content (AvgIpc) is 3.14. The first kappa shape index (κ1) is 17.8. The number of rotatable bonds is 5. The smallest absolute Gasteiger partial charge is 0.249 e. The summed E-state index contributed by atoms with van der Waals surface area (Å²) in [5.41, 5.74) is 3.10. The van der Waals surface area contributed by atoms with E-state index < -0.39 is 6.04 Å². The lowest BCUT2D eigenvalue weighted by atomic mass is 9.87. The van der Waals surface area contributed by atoms with Gasteiger partial charge in [0.1, 0.15) is 12.4 Å². The van der Waals surface area contributed by atoms with E-state index in [1.807, 2.05) is 54.6 Å². The molecule has 1 N–H and O–H groups in total. The molecule has 1 heterocycles. The Morgan fingerprint density at radius 3 is 2.35 bits per heavy atom. The van der Waals surface area contributed by atoms with Crippen molar-refractivity contribution in [1.29, 1.82) is 0 Å². The quantitative estimate of drug-likeness (QED) is 0.766. The molecule has 0 radical (unpaired) electrons. The number of hydrogen-bond acceptors (Lipinski definition) is 4. The van der Waals surface area contributed by atoms with E-state index in [1.165, 1.54) is 16.6 Å². The van der Waals surface area contributed by atoms with Crippen molar-refractivity contribution in [3.8, 4) is 0 Å². The van der Waals surface area contributed by atoms with Crippen LogP contribution < -0.4 is 5.32 Å². The summed E-state index contributed by atoms with van der Waals surface area (Å²) in [6.07, 6.45) is 1.98. The maximum atomic E-state index is 12.9. The van der Waals surface area contributed by atoms with Gasteiger partial charge in [-0.25, -0.2) is 4.68 Å². The molecule has 26 heavy (non-hydrogen) atoms. The predicted octanol–water partition coefficient (Wildman–Crippen LogP) is 3.39. The van der Waals surface area contributed by atoms with Crippen molar-refractivity contribution in [3.63, 3.8) is 0 Å². The van der Waals surface area contributed by atoms with E-state index in [0.29, 0.717) is 6.42 Å². The van der Waals surface area contributed by atoms with Crippen molar-refractivity contribution >= 4 is 11.6 Å². The normalized spacial score (nSPS) is 12.6. The van der Waals surface area contributed by atoms with Crippen LogP contribution in [0.25, 0.3) is 0 Å². The first-order valence-corrected chi connectivity index (χ1v) is 8.61. The summed E-state index contributed by atoms with van der Waals surface area (Å²) in [6, 6.07) is 17.3. The lowest BCUT2D eigenvalue weighted by Crippen LogP contribution is -2.28. The van der Waals surface area contributed by atoms with E-state index in [-0.39, 0.29) is 11.3 Å². The van der Waals surface area contributed by atoms with Crippen LogP contribution in [-0.2, 0) is 16.6 Å². The number of anilines is 1. The fraction of sp³-hybridized carbons (Fsp3) is 0.300. The number of benzene rings is 2. The van der Waals surface area contributed by atoms with E-state index in [9.17, 15) is 4.79 Å². The number of amides is 1. The maximum absolute atomic E-state index is 12.9. The highest BCUT2D eigenvalue weighted by Crippen LogP contribution is 2.24. The average molecular weight is 349 g/mol. The number of nitrogens with one attached hydrogen (secondary N) is 1. The van der Waals surface area contributed by atoms with E-state index in [1.54, 1.807) is 0 Å². The fourth-order valence-electron chi connectivity index (χ4n) is 2.73. The van der Waals surface area contributed by atoms with Gasteiger partial charge in [-0.3, -0.25) is 4.79 Å². The minimum Gasteiger partial charge on any atom is -0.324 e. The summed E-state index contributed by atoms with van der Waals surface area (Å²) >= 11 is 0. The summed E-state index contributed by atoms with van der Waals surface area (Å²) in [7, 11) is 0. The second kappa shape index (κ2) is 7.47. The number of carbonyl (C=O) groups is 1. The van der Waals surface area contributed by atoms with Crippen molar-refractivity contribution in [2.45, 2.75) is 38.6 Å². The van der Waals surface area contributed by atoms with Crippen LogP contribution >= 0.6 is 0 Å². The van der Waals surface area contributed by atoms with E-state index in [0.717, 1.165) is 11.3 Å². The van der Waals surface area contributed by atoms with E-state index in [4.69, 9.17) is 0 Å². The molecule has 0 aliphatic heterocycles. The third-order valence-corrected chi connectivity index (χ3v) is 4.28. The van der Waals surface area contributed by atoms with Gasteiger partial charge in [0.15, 0.2) is 0 Å². The highest BCUT2D eigenvalue weighted by molar-refractivity contribution is 5.93. The lowest BCUT2D eigenvalue weighted by Gasteiger charge is -2.20. The molecule has 0 unspecified atom stereocenters. The summed E-state index contributed by atoms with van der Waals surface area (Å²) in [6.45, 7) is 6.48. The summed E-state index contributed by atoms with van der Waals surface area (Å²) < 4.78 is 1.49. The Labute approximate surface area is 153 Å². The van der Waals surface area contributed by atoms with Crippen LogP contribution in [0.15, 0.2) is 60.9 Å². The van der Waals surface area contributed by atoms with E-state index in [2.05, 4.69) is 41.6 Å². The monoisotopic (exact) mass is 349 g/mol. The maximum Gasteiger partial charge on any atom is 0.249 e. The van der Waals surface area contributed by atoms with Gasteiger partial charge in [0.25, 0.3) is 0 Å². The van der Waals surface area contributed by atoms with Crippen LogP contribution in [0.2, 0.25) is 0 Å². The van der Waals surface area contributed by atoms with Crippen LogP contribution in [0.5, 0.6) is 0 Å². The van der Waals surface area contributed by atoms with Crippen molar-refractivity contribution in [2.75, 3.05) is 5.32 Å². The van der Waals surface area contributed by atoms with E-state index >= 15 is 0 Å². The number of aromatic nitrogens is 4. The minimum absolute atomic E-state index is 0.0742. The SMILES string of the molecule is CC(C)(C)c1ccc(NC(=O)[C@H](Cc2ccccc2)n2cnnn2)cc1. The van der Waals surface area contributed by atoms with Gasteiger partial charge in [0.05, 0.1) is 0 Å². The molecular weight excluding hydrogens is 326 g/mol. The van der Waals surface area contributed by atoms with Crippen LogP contribution in [0.4, 0.5) is 5.69 Å². The van der Waals surface area contributed by atoms with Gasteiger partial charge in [-0.1, -0.05) is 63.2 Å². The zero-order chi connectivity index (χ0) is 18.6. The highest BCUT2D eigenvalue weighted by atomic mass is 16.2. The van der Waals surface area contributed by atoms with Gasteiger partial charge in [0.2, 0.25) is 5.91 Å². The summed E-state index contributed by atoms with van der Waals surface area (Å²) in [5.74, 6) is -0.148. The number of tetrazole rings is 1.